The van der Waals surface area contributed by atoms with E-state index >= 15 is 0 Å². The van der Waals surface area contributed by atoms with Gasteiger partial charge >= 0.3 is 0 Å². The van der Waals surface area contributed by atoms with E-state index in [0.29, 0.717) is 0 Å². The molecule has 0 heterocycles. The van der Waals surface area contributed by atoms with Gasteiger partial charge in [-0.15, -0.1) is 11.6 Å². The summed E-state index contributed by atoms with van der Waals surface area (Å²) in [5, 5.41) is 0. The van der Waals surface area contributed by atoms with Gasteiger partial charge in [-0.1, -0.05) is 31.2 Å². The highest BCUT2D eigenvalue weighted by atomic mass is 35.5. The summed E-state index contributed by atoms with van der Waals surface area (Å²) < 4.78 is 0. The van der Waals surface area contributed by atoms with Gasteiger partial charge in [0.15, 0.2) is 0 Å². The summed E-state index contributed by atoms with van der Waals surface area (Å²) in [6.45, 7) is 7.68. The zero-order valence-corrected chi connectivity index (χ0v) is 11.6. The summed E-state index contributed by atoms with van der Waals surface area (Å²) in [4.78, 5) is 1.55. The predicted octanol–water partition coefficient (Wildman–Crippen LogP) is -1.10. The van der Waals surface area contributed by atoms with Gasteiger partial charge in [0, 0.05) is 5.56 Å². The maximum atomic E-state index is 5.77. The first-order valence-electron chi connectivity index (χ1n) is 5.77. The zero-order chi connectivity index (χ0) is 11.1. The molecule has 0 radical (unpaired) electrons. The number of nitrogens with one attached hydrogen (secondary N) is 1. The summed E-state index contributed by atoms with van der Waals surface area (Å²) in [5.41, 5.74) is 2.82. The number of hydrogen-bond acceptors (Lipinski definition) is 0. The normalized spacial score (nSPS) is 11.9. The van der Waals surface area contributed by atoms with Crippen LogP contribution in [0.3, 0.4) is 0 Å². The number of benzene rings is 1. The summed E-state index contributed by atoms with van der Waals surface area (Å²) in [7, 11) is 0. The van der Waals surface area contributed by atoms with E-state index in [9.17, 15) is 0 Å². The molecule has 0 amide bonds. The van der Waals surface area contributed by atoms with Crippen LogP contribution in [0.5, 0.6) is 0 Å². The lowest BCUT2D eigenvalue weighted by molar-refractivity contribution is -0.909. The van der Waals surface area contributed by atoms with E-state index in [1.165, 1.54) is 11.1 Å². The van der Waals surface area contributed by atoms with Gasteiger partial charge in [0.1, 0.15) is 6.54 Å². The summed E-state index contributed by atoms with van der Waals surface area (Å²) in [6, 6.07) is 8.93. The van der Waals surface area contributed by atoms with Gasteiger partial charge in [-0.05, 0) is 18.9 Å². The Bertz CT molecular complexity index is 272. The van der Waals surface area contributed by atoms with Crippen molar-refractivity contribution < 1.29 is 17.3 Å². The third kappa shape index (κ3) is 5.20. The van der Waals surface area contributed by atoms with E-state index in [1.807, 2.05) is 0 Å². The molecular weight excluding hydrogens is 241 g/mol. The van der Waals surface area contributed by atoms with Crippen molar-refractivity contribution in [2.45, 2.75) is 26.8 Å². The maximum Gasteiger partial charge on any atom is 0.103 e. The predicted molar refractivity (Wildman–Crippen MR) is 66.6 cm³/mol. The molecule has 0 bridgehead atoms. The molecule has 0 aliphatic carbocycles. The zero-order valence-electron chi connectivity index (χ0n) is 10.1. The lowest BCUT2D eigenvalue weighted by Gasteiger charge is -2.16. The van der Waals surface area contributed by atoms with Crippen LogP contribution in [0.1, 0.15) is 25.0 Å². The average Bonchev–Trinajstić information content (AvgIpc) is 2.29. The molecule has 0 saturated carbocycles. The highest BCUT2D eigenvalue weighted by Crippen LogP contribution is 2.03. The van der Waals surface area contributed by atoms with Crippen molar-refractivity contribution in [3.05, 3.63) is 35.4 Å². The van der Waals surface area contributed by atoms with Gasteiger partial charge in [-0.2, -0.15) is 0 Å². The van der Waals surface area contributed by atoms with Gasteiger partial charge in [0.05, 0.1) is 19.0 Å². The lowest BCUT2D eigenvalue weighted by Crippen LogP contribution is -3.10. The molecule has 1 aromatic rings. The van der Waals surface area contributed by atoms with Gasteiger partial charge in [0.25, 0.3) is 0 Å². The SMILES string of the molecule is CCc1ccc(C[NH+](CC)CCCl)cc1.[Cl-]. The van der Waals surface area contributed by atoms with E-state index < -0.39 is 0 Å². The van der Waals surface area contributed by atoms with Crippen molar-refractivity contribution in [2.75, 3.05) is 19.0 Å². The van der Waals surface area contributed by atoms with Gasteiger partial charge in [-0.25, -0.2) is 0 Å². The third-order valence-corrected chi connectivity index (χ3v) is 3.02. The monoisotopic (exact) mass is 261 g/mol. The van der Waals surface area contributed by atoms with E-state index in [0.717, 1.165) is 31.9 Å². The second kappa shape index (κ2) is 8.86. The smallest absolute Gasteiger partial charge is 0.103 e. The Balaban J connectivity index is 0.00000225. The Hall–Kier alpha value is -0.240. The fourth-order valence-electron chi connectivity index (χ4n) is 1.71. The molecule has 1 atom stereocenters. The number of aryl methyl sites for hydroxylation is 1. The number of quaternary nitrogens is 1. The topological polar surface area (TPSA) is 4.44 Å². The van der Waals surface area contributed by atoms with Gasteiger partial charge in [-0.3, -0.25) is 0 Å². The summed E-state index contributed by atoms with van der Waals surface area (Å²) >= 11 is 5.77. The maximum absolute atomic E-state index is 5.77. The largest absolute Gasteiger partial charge is 1.00 e. The van der Waals surface area contributed by atoms with Crippen LogP contribution in [0, 0.1) is 0 Å². The minimum atomic E-state index is 0. The Morgan fingerprint density at radius 2 is 1.62 bits per heavy atom. The molecule has 0 saturated heterocycles. The number of hydrogen-bond donors (Lipinski definition) is 1. The quantitative estimate of drug-likeness (QED) is 0.621. The Morgan fingerprint density at radius 1 is 1.06 bits per heavy atom. The van der Waals surface area contributed by atoms with Crippen molar-refractivity contribution in [1.82, 2.24) is 0 Å². The highest BCUT2D eigenvalue weighted by molar-refractivity contribution is 6.17. The van der Waals surface area contributed by atoms with Crippen molar-refractivity contribution >= 4 is 11.6 Å². The van der Waals surface area contributed by atoms with Gasteiger partial charge in [0.2, 0.25) is 0 Å². The summed E-state index contributed by atoms with van der Waals surface area (Å²) in [5.74, 6) is 0.746. The molecule has 0 spiro atoms. The molecule has 1 aromatic carbocycles. The van der Waals surface area contributed by atoms with E-state index in [2.05, 4.69) is 38.1 Å². The van der Waals surface area contributed by atoms with Crippen LogP contribution >= 0.6 is 11.6 Å². The molecule has 0 aliphatic rings. The summed E-state index contributed by atoms with van der Waals surface area (Å²) in [6.07, 6.45) is 1.12. The molecule has 92 valence electrons. The van der Waals surface area contributed by atoms with Crippen LogP contribution < -0.4 is 17.3 Å². The minimum Gasteiger partial charge on any atom is -1.00 e. The molecule has 0 aliphatic heterocycles. The highest BCUT2D eigenvalue weighted by Gasteiger charge is 2.05. The standard InChI is InChI=1S/C13H20ClN.ClH/c1-3-12-5-7-13(8-6-12)11-15(4-2)10-9-14;/h5-8H,3-4,9-11H2,1-2H3;1H. The fourth-order valence-corrected chi connectivity index (χ4v) is 1.97. The van der Waals surface area contributed by atoms with Crippen LogP contribution in [-0.2, 0) is 13.0 Å². The molecule has 1 unspecified atom stereocenters. The average molecular weight is 262 g/mol. The minimum absolute atomic E-state index is 0. The molecular formula is C13H21Cl2N. The molecule has 1 N–H and O–H groups in total. The first-order valence-corrected chi connectivity index (χ1v) is 6.31. The first-order chi connectivity index (χ1) is 7.30. The van der Waals surface area contributed by atoms with E-state index in [-0.39, 0.29) is 12.4 Å². The van der Waals surface area contributed by atoms with Gasteiger partial charge < -0.3 is 17.3 Å². The lowest BCUT2D eigenvalue weighted by atomic mass is 10.1. The molecule has 16 heavy (non-hydrogen) atoms. The van der Waals surface area contributed by atoms with Crippen LogP contribution in [0.25, 0.3) is 0 Å². The van der Waals surface area contributed by atoms with Crippen LogP contribution in [0.2, 0.25) is 0 Å². The third-order valence-electron chi connectivity index (χ3n) is 2.83. The molecule has 0 aromatic heterocycles. The molecule has 1 nitrogen and oxygen atoms in total. The second-order valence-corrected chi connectivity index (χ2v) is 4.27. The number of halogens is 2. The number of rotatable bonds is 6. The van der Waals surface area contributed by atoms with E-state index in [1.54, 1.807) is 4.90 Å². The molecule has 3 heteroatoms. The van der Waals surface area contributed by atoms with Crippen LogP contribution in [0.4, 0.5) is 0 Å². The Kier molecular flexibility index (Phi) is 8.73. The fraction of sp³-hybridized carbons (Fsp3) is 0.538. The molecule has 0 fully saturated rings. The van der Waals surface area contributed by atoms with Crippen LogP contribution in [0.15, 0.2) is 24.3 Å². The second-order valence-electron chi connectivity index (χ2n) is 3.89. The van der Waals surface area contributed by atoms with Crippen molar-refractivity contribution in [3.8, 4) is 0 Å². The Morgan fingerprint density at radius 3 is 2.06 bits per heavy atom. The number of alkyl halides is 1. The first kappa shape index (κ1) is 15.8. The van der Waals surface area contributed by atoms with Crippen molar-refractivity contribution in [1.29, 1.82) is 0 Å². The van der Waals surface area contributed by atoms with Crippen LogP contribution in [-0.4, -0.2) is 19.0 Å². The Labute approximate surface area is 110 Å². The van der Waals surface area contributed by atoms with Crippen molar-refractivity contribution in [3.63, 3.8) is 0 Å². The molecule has 1 rings (SSSR count). The van der Waals surface area contributed by atoms with E-state index in [4.69, 9.17) is 11.6 Å². The van der Waals surface area contributed by atoms with Crippen molar-refractivity contribution in [2.24, 2.45) is 0 Å².